The first kappa shape index (κ1) is 25.6. The molecule has 1 N–H and O–H groups in total. The van der Waals surface area contributed by atoms with E-state index in [1.165, 1.54) is 4.90 Å². The van der Waals surface area contributed by atoms with Gasteiger partial charge in [0.15, 0.2) is 0 Å². The van der Waals surface area contributed by atoms with Crippen molar-refractivity contribution < 1.29 is 24.2 Å². The largest absolute Gasteiger partial charge is 0.415 e. The average Bonchev–Trinajstić information content (AvgIpc) is 3.27. The molecule has 34 heavy (non-hydrogen) atoms. The van der Waals surface area contributed by atoms with Crippen LogP contribution in [0.3, 0.4) is 0 Å². The van der Waals surface area contributed by atoms with E-state index in [0.717, 1.165) is 5.56 Å². The molecule has 0 radical (unpaired) electrons. The van der Waals surface area contributed by atoms with Gasteiger partial charge in [-0.15, -0.1) is 5.10 Å². The van der Waals surface area contributed by atoms with E-state index >= 15 is 0 Å². The Hall–Kier alpha value is -2.98. The van der Waals surface area contributed by atoms with Crippen molar-refractivity contribution in [3.05, 3.63) is 41.7 Å². The second kappa shape index (κ2) is 11.9. The standard InChI is InChI=1S/C24H35N5O5/c1-17-7-9-21(10-8-17)34-24(32)27(4)14-22-18(2)12-29(19(3)15-30)23(31)6-5-11-28-13-20(16-33-22)25-26-28/h7-10,13,18-19,22,30H,5-6,11-12,14-16H2,1-4H3/t18-,19-,22+/m1/s1. The van der Waals surface area contributed by atoms with Gasteiger partial charge in [0, 0.05) is 32.5 Å². The van der Waals surface area contributed by atoms with Gasteiger partial charge in [0.25, 0.3) is 0 Å². The van der Waals surface area contributed by atoms with E-state index in [-0.39, 0.29) is 37.6 Å². The number of aryl methyl sites for hydroxylation is 2. The van der Waals surface area contributed by atoms with E-state index in [1.807, 2.05) is 39.1 Å². The van der Waals surface area contributed by atoms with Crippen molar-refractivity contribution in [2.24, 2.45) is 5.92 Å². The highest BCUT2D eigenvalue weighted by molar-refractivity contribution is 5.76. The third kappa shape index (κ3) is 7.01. The summed E-state index contributed by atoms with van der Waals surface area (Å²) in [7, 11) is 1.66. The summed E-state index contributed by atoms with van der Waals surface area (Å²) in [6.45, 7) is 7.11. The molecule has 186 valence electrons. The van der Waals surface area contributed by atoms with Crippen LogP contribution in [0.1, 0.15) is 37.9 Å². The van der Waals surface area contributed by atoms with Crippen molar-refractivity contribution in [2.45, 2.75) is 58.9 Å². The van der Waals surface area contributed by atoms with Crippen LogP contribution in [-0.2, 0) is 22.7 Å². The molecule has 2 amide bonds. The molecule has 0 aliphatic carbocycles. The van der Waals surface area contributed by atoms with Gasteiger partial charge in [-0.05, 0) is 32.4 Å². The van der Waals surface area contributed by atoms with Crippen LogP contribution < -0.4 is 4.74 Å². The van der Waals surface area contributed by atoms with Crippen molar-refractivity contribution in [3.63, 3.8) is 0 Å². The van der Waals surface area contributed by atoms with Gasteiger partial charge < -0.3 is 24.4 Å². The van der Waals surface area contributed by atoms with Gasteiger partial charge in [-0.3, -0.25) is 9.48 Å². The molecule has 10 nitrogen and oxygen atoms in total. The summed E-state index contributed by atoms with van der Waals surface area (Å²) in [4.78, 5) is 28.8. The number of ether oxygens (including phenoxy) is 2. The molecule has 1 aliphatic rings. The summed E-state index contributed by atoms with van der Waals surface area (Å²) in [5.41, 5.74) is 1.76. The second-order valence-electron chi connectivity index (χ2n) is 9.04. The highest BCUT2D eigenvalue weighted by Gasteiger charge is 2.29. The number of fused-ring (bicyclic) bond motifs is 2. The topological polar surface area (TPSA) is 110 Å². The van der Waals surface area contributed by atoms with Crippen LogP contribution >= 0.6 is 0 Å². The first-order chi connectivity index (χ1) is 16.3. The number of aliphatic hydroxyl groups is 1. The average molecular weight is 474 g/mol. The summed E-state index contributed by atoms with van der Waals surface area (Å²) in [6, 6.07) is 6.95. The number of hydrogen-bond donors (Lipinski definition) is 1. The zero-order valence-electron chi connectivity index (χ0n) is 20.4. The fourth-order valence-corrected chi connectivity index (χ4v) is 3.82. The summed E-state index contributed by atoms with van der Waals surface area (Å²) >= 11 is 0. The number of carbonyl (C=O) groups excluding carboxylic acids is 2. The number of nitrogens with zero attached hydrogens (tertiary/aromatic N) is 5. The van der Waals surface area contributed by atoms with Crippen LogP contribution in [0.4, 0.5) is 4.79 Å². The van der Waals surface area contributed by atoms with Gasteiger partial charge in [0.2, 0.25) is 5.91 Å². The number of aromatic nitrogens is 3. The highest BCUT2D eigenvalue weighted by Crippen LogP contribution is 2.18. The minimum absolute atomic E-state index is 0.0288. The molecular weight excluding hydrogens is 438 g/mol. The lowest BCUT2D eigenvalue weighted by Crippen LogP contribution is -2.48. The molecule has 0 saturated heterocycles. The Morgan fingerprint density at radius 2 is 2.09 bits per heavy atom. The van der Waals surface area contributed by atoms with Crippen LogP contribution in [0.15, 0.2) is 30.5 Å². The quantitative estimate of drug-likeness (QED) is 0.709. The summed E-state index contributed by atoms with van der Waals surface area (Å²) < 4.78 is 13.4. The Balaban J connectivity index is 1.75. The smallest absolute Gasteiger partial charge is 0.410 e. The van der Waals surface area contributed by atoms with Crippen LogP contribution in [0.2, 0.25) is 0 Å². The van der Waals surface area contributed by atoms with Crippen LogP contribution in [-0.4, -0.2) is 80.8 Å². The minimum Gasteiger partial charge on any atom is -0.410 e. The summed E-state index contributed by atoms with van der Waals surface area (Å²) in [5, 5.41) is 18.0. The van der Waals surface area contributed by atoms with Crippen LogP contribution in [0, 0.1) is 12.8 Å². The molecule has 1 aromatic carbocycles. The lowest BCUT2D eigenvalue weighted by Gasteiger charge is -2.35. The van der Waals surface area contributed by atoms with Gasteiger partial charge in [-0.25, -0.2) is 4.79 Å². The van der Waals surface area contributed by atoms with Crippen molar-refractivity contribution in [1.29, 1.82) is 0 Å². The number of aliphatic hydroxyl groups excluding tert-OH is 1. The number of rotatable bonds is 5. The van der Waals surface area contributed by atoms with E-state index < -0.39 is 12.2 Å². The molecule has 10 heteroatoms. The molecule has 3 rings (SSSR count). The molecule has 1 aliphatic heterocycles. The molecule has 3 atom stereocenters. The molecular formula is C24H35N5O5. The van der Waals surface area contributed by atoms with Gasteiger partial charge in [0.05, 0.1) is 38.1 Å². The highest BCUT2D eigenvalue weighted by atomic mass is 16.6. The van der Waals surface area contributed by atoms with Crippen molar-refractivity contribution >= 4 is 12.0 Å². The van der Waals surface area contributed by atoms with Crippen molar-refractivity contribution in [2.75, 3.05) is 26.7 Å². The van der Waals surface area contributed by atoms with E-state index in [1.54, 1.807) is 28.8 Å². The molecule has 0 saturated carbocycles. The summed E-state index contributed by atoms with van der Waals surface area (Å²) in [5.74, 6) is 0.318. The number of hydrogen-bond acceptors (Lipinski definition) is 7. The third-order valence-electron chi connectivity index (χ3n) is 6.04. The minimum atomic E-state index is -0.495. The van der Waals surface area contributed by atoms with Crippen molar-refractivity contribution in [1.82, 2.24) is 24.8 Å². The first-order valence-corrected chi connectivity index (χ1v) is 11.7. The third-order valence-corrected chi connectivity index (χ3v) is 6.04. The Morgan fingerprint density at radius 1 is 1.35 bits per heavy atom. The van der Waals surface area contributed by atoms with Gasteiger partial charge in [-0.2, -0.15) is 0 Å². The van der Waals surface area contributed by atoms with Crippen molar-refractivity contribution in [3.8, 4) is 5.75 Å². The maximum atomic E-state index is 12.9. The molecule has 0 spiro atoms. The van der Waals surface area contributed by atoms with Gasteiger partial charge in [-0.1, -0.05) is 29.8 Å². The van der Waals surface area contributed by atoms with Crippen LogP contribution in [0.25, 0.3) is 0 Å². The lowest BCUT2D eigenvalue weighted by molar-refractivity contribution is -0.136. The monoisotopic (exact) mass is 473 g/mol. The predicted octanol–water partition coefficient (Wildman–Crippen LogP) is 2.24. The first-order valence-electron chi connectivity index (χ1n) is 11.7. The predicted molar refractivity (Wildman–Crippen MR) is 125 cm³/mol. The molecule has 0 unspecified atom stereocenters. The van der Waals surface area contributed by atoms with Crippen LogP contribution in [0.5, 0.6) is 5.75 Å². The fourth-order valence-electron chi connectivity index (χ4n) is 3.82. The molecule has 2 heterocycles. The maximum Gasteiger partial charge on any atom is 0.415 e. The normalized spacial score (nSPS) is 20.6. The molecule has 2 bridgehead atoms. The van der Waals surface area contributed by atoms with E-state index in [2.05, 4.69) is 10.3 Å². The fraction of sp³-hybridized carbons (Fsp3) is 0.583. The molecule has 2 aromatic rings. The molecule has 0 fully saturated rings. The Kier molecular flexibility index (Phi) is 9.00. The summed E-state index contributed by atoms with van der Waals surface area (Å²) in [6.07, 6.45) is 1.89. The Bertz CT molecular complexity index is 947. The van der Waals surface area contributed by atoms with E-state index in [0.29, 0.717) is 37.4 Å². The van der Waals surface area contributed by atoms with Gasteiger partial charge in [0.1, 0.15) is 11.4 Å². The molecule has 1 aromatic heterocycles. The number of carbonyl (C=O) groups is 2. The Morgan fingerprint density at radius 3 is 2.79 bits per heavy atom. The van der Waals surface area contributed by atoms with Gasteiger partial charge >= 0.3 is 6.09 Å². The van der Waals surface area contributed by atoms with E-state index in [9.17, 15) is 14.7 Å². The SMILES string of the molecule is Cc1ccc(OC(=O)N(C)C[C@@H]2OCc3cn(nn3)CCCC(=O)N([C@H](C)CO)C[C@H]2C)cc1. The second-order valence-corrected chi connectivity index (χ2v) is 9.04. The number of likely N-dealkylation sites (N-methyl/N-ethyl adjacent to an activating group) is 1. The lowest BCUT2D eigenvalue weighted by atomic mass is 10.0. The van der Waals surface area contributed by atoms with E-state index in [4.69, 9.17) is 9.47 Å². The zero-order chi connectivity index (χ0) is 24.7. The zero-order valence-corrected chi connectivity index (χ0v) is 20.4. The Labute approximate surface area is 200 Å². The number of benzene rings is 1. The maximum absolute atomic E-state index is 12.9. The number of amides is 2.